The van der Waals surface area contributed by atoms with Crippen molar-refractivity contribution in [2.45, 2.75) is 19.8 Å². The quantitative estimate of drug-likeness (QED) is 0.873. The van der Waals surface area contributed by atoms with E-state index in [0.29, 0.717) is 6.54 Å². The van der Waals surface area contributed by atoms with Gasteiger partial charge in [-0.3, -0.25) is 0 Å². The molecule has 1 aromatic carbocycles. The van der Waals surface area contributed by atoms with E-state index in [2.05, 4.69) is 16.5 Å². The molecule has 4 heteroatoms. The zero-order valence-electron chi connectivity index (χ0n) is 9.79. The lowest BCUT2D eigenvalue weighted by Gasteiger charge is -2.12. The molecule has 0 aliphatic rings. The molecular weight excluding hydrogens is 222 g/mol. The van der Waals surface area contributed by atoms with Gasteiger partial charge in [0.1, 0.15) is 5.82 Å². The molecule has 0 saturated heterocycles. The Morgan fingerprint density at radius 3 is 2.81 bits per heavy atom. The molecule has 0 aliphatic heterocycles. The summed E-state index contributed by atoms with van der Waals surface area (Å²) in [6.07, 6.45) is 0. The smallest absolute Gasteiger partial charge is 0.106 e. The molecule has 0 saturated carbocycles. The third kappa shape index (κ3) is 1.70. The van der Waals surface area contributed by atoms with Crippen LogP contribution in [0.2, 0.25) is 5.02 Å². The Morgan fingerprint density at radius 1 is 1.50 bits per heavy atom. The van der Waals surface area contributed by atoms with Gasteiger partial charge in [-0.05, 0) is 37.1 Å². The number of imidazole rings is 1. The number of halogens is 1. The van der Waals surface area contributed by atoms with Crippen LogP contribution >= 0.6 is 11.6 Å². The number of nitrogens with two attached hydrogens (primary N) is 1. The number of benzene rings is 1. The largest absolute Gasteiger partial charge is 0.331 e. The lowest BCUT2D eigenvalue weighted by molar-refractivity contribution is 0.770. The van der Waals surface area contributed by atoms with Gasteiger partial charge in [0.2, 0.25) is 0 Å². The first-order valence-corrected chi connectivity index (χ1v) is 5.75. The van der Waals surface area contributed by atoms with Crippen LogP contribution in [0.25, 0.3) is 11.0 Å². The van der Waals surface area contributed by atoms with Gasteiger partial charge in [0.05, 0.1) is 11.0 Å². The zero-order chi connectivity index (χ0) is 11.9. The average molecular weight is 238 g/mol. The van der Waals surface area contributed by atoms with E-state index < -0.39 is 0 Å². The molecule has 0 bridgehead atoms. The summed E-state index contributed by atoms with van der Waals surface area (Å²) in [4.78, 5) is 4.49. The van der Waals surface area contributed by atoms with Gasteiger partial charge in [-0.1, -0.05) is 18.5 Å². The maximum Gasteiger partial charge on any atom is 0.106 e. The highest BCUT2D eigenvalue weighted by Gasteiger charge is 2.14. The first-order chi connectivity index (χ1) is 7.54. The molecule has 2 N–H and O–H groups in total. The van der Waals surface area contributed by atoms with E-state index in [-0.39, 0.29) is 5.92 Å². The Balaban J connectivity index is 2.79. The Kier molecular flexibility index (Phi) is 2.91. The van der Waals surface area contributed by atoms with Crippen molar-refractivity contribution in [3.8, 4) is 0 Å². The maximum absolute atomic E-state index is 6.10. The van der Waals surface area contributed by atoms with Gasteiger partial charge in [0, 0.05) is 12.1 Å². The fraction of sp³-hybridized carbons (Fsp3) is 0.417. The highest BCUT2D eigenvalue weighted by atomic mass is 35.5. The van der Waals surface area contributed by atoms with E-state index >= 15 is 0 Å². The molecule has 1 unspecified atom stereocenters. The minimum absolute atomic E-state index is 0.288. The van der Waals surface area contributed by atoms with Crippen LogP contribution in [-0.4, -0.2) is 16.1 Å². The van der Waals surface area contributed by atoms with Crippen molar-refractivity contribution >= 4 is 22.6 Å². The minimum atomic E-state index is 0.288. The van der Waals surface area contributed by atoms with E-state index in [1.807, 2.05) is 26.1 Å². The number of fused-ring (bicyclic) bond motifs is 1. The monoisotopic (exact) mass is 237 g/mol. The third-order valence-electron chi connectivity index (χ3n) is 3.07. The maximum atomic E-state index is 6.10. The molecule has 1 atom stereocenters. The van der Waals surface area contributed by atoms with Gasteiger partial charge >= 0.3 is 0 Å². The number of aromatic nitrogens is 2. The average Bonchev–Trinajstić information content (AvgIpc) is 2.52. The van der Waals surface area contributed by atoms with Gasteiger partial charge in [-0.25, -0.2) is 4.98 Å². The molecule has 3 nitrogen and oxygen atoms in total. The molecule has 2 aromatic rings. The lowest BCUT2D eigenvalue weighted by atomic mass is 10.00. The van der Waals surface area contributed by atoms with Gasteiger partial charge in [0.25, 0.3) is 0 Å². The molecule has 1 aromatic heterocycles. The summed E-state index contributed by atoms with van der Waals surface area (Å²) in [7, 11) is 2.02. The zero-order valence-corrected chi connectivity index (χ0v) is 10.5. The third-order valence-corrected chi connectivity index (χ3v) is 3.29. The number of nitrogens with zero attached hydrogens (tertiary/aromatic N) is 2. The van der Waals surface area contributed by atoms with E-state index in [4.69, 9.17) is 17.3 Å². The predicted octanol–water partition coefficient (Wildman–Crippen LogP) is 2.60. The van der Waals surface area contributed by atoms with Gasteiger partial charge < -0.3 is 10.3 Å². The molecule has 0 amide bonds. The summed E-state index contributed by atoms with van der Waals surface area (Å²) < 4.78 is 2.09. The molecule has 16 heavy (non-hydrogen) atoms. The van der Waals surface area contributed by atoms with Gasteiger partial charge in [-0.2, -0.15) is 0 Å². The van der Waals surface area contributed by atoms with E-state index in [1.54, 1.807) is 0 Å². The first kappa shape index (κ1) is 11.4. The molecule has 0 radical (unpaired) electrons. The number of aryl methyl sites for hydroxylation is 2. The van der Waals surface area contributed by atoms with Crippen LogP contribution in [0.15, 0.2) is 12.1 Å². The van der Waals surface area contributed by atoms with Crippen molar-refractivity contribution in [2.24, 2.45) is 12.8 Å². The van der Waals surface area contributed by atoms with Crippen molar-refractivity contribution in [3.05, 3.63) is 28.5 Å². The predicted molar refractivity (Wildman–Crippen MR) is 67.9 cm³/mol. The summed E-state index contributed by atoms with van der Waals surface area (Å²) in [5.74, 6) is 1.28. The molecule has 86 valence electrons. The van der Waals surface area contributed by atoms with E-state index in [0.717, 1.165) is 21.9 Å². The lowest BCUT2D eigenvalue weighted by Crippen LogP contribution is -2.10. The Labute approximate surface area is 100 Å². The van der Waals surface area contributed by atoms with Crippen molar-refractivity contribution in [1.29, 1.82) is 0 Å². The second-order valence-electron chi connectivity index (χ2n) is 4.22. The molecule has 2 rings (SSSR count). The van der Waals surface area contributed by atoms with Crippen LogP contribution in [0.5, 0.6) is 0 Å². The van der Waals surface area contributed by atoms with Crippen LogP contribution in [0.4, 0.5) is 0 Å². The standard InChI is InChI=1S/C12H16ClN3/c1-7(6-14)10-4-9(13)5-11-12(10)16(3)8(2)15-11/h4-5,7H,6,14H2,1-3H3. The molecule has 0 aliphatic carbocycles. The molecule has 0 fully saturated rings. The van der Waals surface area contributed by atoms with Crippen LogP contribution in [0, 0.1) is 6.92 Å². The fourth-order valence-electron chi connectivity index (χ4n) is 1.97. The summed E-state index contributed by atoms with van der Waals surface area (Å²) in [6.45, 7) is 4.71. The number of rotatable bonds is 2. The minimum Gasteiger partial charge on any atom is -0.331 e. The molecular formula is C12H16ClN3. The van der Waals surface area contributed by atoms with Crippen molar-refractivity contribution in [1.82, 2.24) is 9.55 Å². The fourth-order valence-corrected chi connectivity index (χ4v) is 2.19. The van der Waals surface area contributed by atoms with E-state index in [1.165, 1.54) is 5.56 Å². The summed E-state index contributed by atoms with van der Waals surface area (Å²) in [5, 5.41) is 0.723. The van der Waals surface area contributed by atoms with Crippen LogP contribution in [0.3, 0.4) is 0 Å². The second kappa shape index (κ2) is 4.07. The Bertz CT molecular complexity index is 531. The van der Waals surface area contributed by atoms with Crippen molar-refractivity contribution in [2.75, 3.05) is 6.54 Å². The van der Waals surface area contributed by atoms with Gasteiger partial charge in [0.15, 0.2) is 0 Å². The number of hydrogen-bond donors (Lipinski definition) is 1. The SMILES string of the molecule is Cc1nc2cc(Cl)cc(C(C)CN)c2n1C. The summed E-state index contributed by atoms with van der Waals surface area (Å²) in [5.41, 5.74) is 8.99. The van der Waals surface area contributed by atoms with Crippen LogP contribution in [-0.2, 0) is 7.05 Å². The Morgan fingerprint density at radius 2 is 2.19 bits per heavy atom. The van der Waals surface area contributed by atoms with Crippen LogP contribution in [0.1, 0.15) is 24.2 Å². The topological polar surface area (TPSA) is 43.8 Å². The summed E-state index contributed by atoms with van der Waals surface area (Å²) in [6, 6.07) is 3.89. The summed E-state index contributed by atoms with van der Waals surface area (Å²) >= 11 is 6.10. The second-order valence-corrected chi connectivity index (χ2v) is 4.65. The normalized spacial score (nSPS) is 13.3. The molecule has 0 spiro atoms. The highest BCUT2D eigenvalue weighted by Crippen LogP contribution is 2.29. The van der Waals surface area contributed by atoms with Crippen LogP contribution < -0.4 is 5.73 Å². The van der Waals surface area contributed by atoms with Gasteiger partial charge in [-0.15, -0.1) is 0 Å². The highest BCUT2D eigenvalue weighted by molar-refractivity contribution is 6.31. The van der Waals surface area contributed by atoms with E-state index in [9.17, 15) is 0 Å². The first-order valence-electron chi connectivity index (χ1n) is 5.37. The molecule has 1 heterocycles. The van der Waals surface area contributed by atoms with Crippen molar-refractivity contribution in [3.63, 3.8) is 0 Å². The van der Waals surface area contributed by atoms with Crippen molar-refractivity contribution < 1.29 is 0 Å². The Hall–Kier alpha value is -1.06. The number of hydrogen-bond acceptors (Lipinski definition) is 2.